The van der Waals surface area contributed by atoms with E-state index in [4.69, 9.17) is 0 Å². The summed E-state index contributed by atoms with van der Waals surface area (Å²) in [6, 6.07) is 0. The number of hydrogen-bond donors (Lipinski definition) is 2. The van der Waals surface area contributed by atoms with Gasteiger partial charge in [0.05, 0.1) is 12.0 Å². The maximum Gasteiger partial charge on any atom is 0.227 e. The third-order valence-electron chi connectivity index (χ3n) is 3.94. The van der Waals surface area contributed by atoms with E-state index in [1.807, 2.05) is 11.8 Å². The van der Waals surface area contributed by atoms with Crippen LogP contribution < -0.4 is 5.32 Å². The van der Waals surface area contributed by atoms with E-state index in [1.165, 1.54) is 0 Å². The molecule has 2 fully saturated rings. The van der Waals surface area contributed by atoms with Gasteiger partial charge in [-0.05, 0) is 38.6 Å². The summed E-state index contributed by atoms with van der Waals surface area (Å²) in [7, 11) is 0. The Balaban J connectivity index is 1.81. The number of nitrogens with zero attached hydrogens (tertiary/aromatic N) is 1. The Bertz CT molecular complexity index is 241. The van der Waals surface area contributed by atoms with Crippen molar-refractivity contribution in [2.75, 3.05) is 26.2 Å². The Morgan fingerprint density at radius 1 is 1.38 bits per heavy atom. The fourth-order valence-corrected chi connectivity index (χ4v) is 2.73. The van der Waals surface area contributed by atoms with E-state index in [1.54, 1.807) is 0 Å². The number of nitrogens with one attached hydrogen (secondary N) is 1. The van der Waals surface area contributed by atoms with E-state index in [-0.39, 0.29) is 12.0 Å². The number of likely N-dealkylation sites (tertiary alicyclic amines) is 1. The highest BCUT2D eigenvalue weighted by molar-refractivity contribution is 5.79. The Morgan fingerprint density at radius 2 is 2.06 bits per heavy atom. The van der Waals surface area contributed by atoms with Crippen LogP contribution in [0.1, 0.15) is 26.2 Å². The molecule has 2 heterocycles. The lowest BCUT2D eigenvalue weighted by Crippen LogP contribution is -2.43. The minimum absolute atomic E-state index is 0.197. The third kappa shape index (κ3) is 2.55. The second-order valence-corrected chi connectivity index (χ2v) is 5.09. The fraction of sp³-hybridized carbons (Fsp3) is 0.917. The summed E-state index contributed by atoms with van der Waals surface area (Å²) in [5, 5.41) is 12.7. The van der Waals surface area contributed by atoms with Gasteiger partial charge in [-0.3, -0.25) is 4.79 Å². The van der Waals surface area contributed by atoms with Crippen molar-refractivity contribution < 1.29 is 9.90 Å². The highest BCUT2D eigenvalue weighted by Crippen LogP contribution is 2.22. The van der Waals surface area contributed by atoms with Crippen LogP contribution in [0.4, 0.5) is 0 Å². The Kier molecular flexibility index (Phi) is 3.82. The molecule has 2 saturated heterocycles. The van der Waals surface area contributed by atoms with Crippen LogP contribution in [0.25, 0.3) is 0 Å². The summed E-state index contributed by atoms with van der Waals surface area (Å²) >= 11 is 0. The maximum atomic E-state index is 12.1. The smallest absolute Gasteiger partial charge is 0.227 e. The number of piperidine rings is 1. The molecule has 4 nitrogen and oxygen atoms in total. The molecule has 0 aromatic carbocycles. The number of carbonyl (C=O) groups is 1. The van der Waals surface area contributed by atoms with Crippen molar-refractivity contribution in [2.45, 2.75) is 32.3 Å². The minimum atomic E-state index is -0.231. The van der Waals surface area contributed by atoms with Crippen LogP contribution in [-0.2, 0) is 4.79 Å². The molecule has 2 aliphatic rings. The maximum absolute atomic E-state index is 12.1. The SMILES string of the molecule is CC(O)C1CCN(C(=O)C2CCNC2)CC1. The molecule has 92 valence electrons. The highest BCUT2D eigenvalue weighted by Gasteiger charge is 2.30. The van der Waals surface area contributed by atoms with Crippen LogP contribution in [0.15, 0.2) is 0 Å². The molecule has 2 aliphatic heterocycles. The first-order valence-electron chi connectivity index (χ1n) is 6.36. The van der Waals surface area contributed by atoms with Crippen LogP contribution in [-0.4, -0.2) is 48.2 Å². The van der Waals surface area contributed by atoms with E-state index >= 15 is 0 Å². The van der Waals surface area contributed by atoms with Gasteiger partial charge in [-0.1, -0.05) is 0 Å². The highest BCUT2D eigenvalue weighted by atomic mass is 16.3. The predicted molar refractivity (Wildman–Crippen MR) is 62.0 cm³/mol. The molecule has 0 bridgehead atoms. The van der Waals surface area contributed by atoms with Gasteiger partial charge in [0.25, 0.3) is 0 Å². The zero-order valence-electron chi connectivity index (χ0n) is 9.98. The number of carbonyl (C=O) groups excluding carboxylic acids is 1. The van der Waals surface area contributed by atoms with Crippen LogP contribution in [0, 0.1) is 11.8 Å². The number of rotatable bonds is 2. The van der Waals surface area contributed by atoms with Gasteiger partial charge in [0.15, 0.2) is 0 Å². The Labute approximate surface area is 97.0 Å². The zero-order valence-corrected chi connectivity index (χ0v) is 9.98. The van der Waals surface area contributed by atoms with Crippen LogP contribution >= 0.6 is 0 Å². The Hall–Kier alpha value is -0.610. The molecule has 2 N–H and O–H groups in total. The average Bonchev–Trinajstić information content (AvgIpc) is 2.81. The summed E-state index contributed by atoms with van der Waals surface area (Å²) < 4.78 is 0. The number of amides is 1. The molecular formula is C12H22N2O2. The van der Waals surface area contributed by atoms with Crippen molar-refractivity contribution in [2.24, 2.45) is 11.8 Å². The van der Waals surface area contributed by atoms with E-state index in [9.17, 15) is 9.90 Å². The molecule has 0 radical (unpaired) electrons. The number of aliphatic hydroxyl groups is 1. The molecule has 0 aliphatic carbocycles. The molecule has 2 rings (SSSR count). The van der Waals surface area contributed by atoms with Gasteiger partial charge in [0, 0.05) is 19.6 Å². The van der Waals surface area contributed by atoms with Crippen LogP contribution in [0.3, 0.4) is 0 Å². The van der Waals surface area contributed by atoms with E-state index in [0.717, 1.165) is 45.4 Å². The summed E-state index contributed by atoms with van der Waals surface area (Å²) in [4.78, 5) is 14.1. The van der Waals surface area contributed by atoms with E-state index < -0.39 is 0 Å². The largest absolute Gasteiger partial charge is 0.393 e. The molecule has 0 spiro atoms. The lowest BCUT2D eigenvalue weighted by Gasteiger charge is -2.34. The monoisotopic (exact) mass is 226 g/mol. The van der Waals surface area contributed by atoms with E-state index in [0.29, 0.717) is 11.8 Å². The van der Waals surface area contributed by atoms with Crippen molar-refractivity contribution in [1.29, 1.82) is 0 Å². The van der Waals surface area contributed by atoms with Crippen molar-refractivity contribution in [3.63, 3.8) is 0 Å². The minimum Gasteiger partial charge on any atom is -0.393 e. The van der Waals surface area contributed by atoms with Crippen molar-refractivity contribution in [3.05, 3.63) is 0 Å². The van der Waals surface area contributed by atoms with Gasteiger partial charge in [-0.25, -0.2) is 0 Å². The normalized spacial score (nSPS) is 29.4. The summed E-state index contributed by atoms with van der Waals surface area (Å²) in [5.41, 5.74) is 0. The molecule has 0 aromatic rings. The standard InChI is InChI=1S/C12H22N2O2/c1-9(15)10-3-6-14(7-4-10)12(16)11-2-5-13-8-11/h9-11,13,15H,2-8H2,1H3. The second-order valence-electron chi connectivity index (χ2n) is 5.09. The van der Waals surface area contributed by atoms with E-state index in [2.05, 4.69) is 5.32 Å². The second kappa shape index (κ2) is 5.15. The molecular weight excluding hydrogens is 204 g/mol. The number of aliphatic hydroxyl groups excluding tert-OH is 1. The quantitative estimate of drug-likeness (QED) is 0.708. The average molecular weight is 226 g/mol. The summed E-state index contributed by atoms with van der Waals surface area (Å²) in [5.74, 6) is 0.892. The number of hydrogen-bond acceptors (Lipinski definition) is 3. The summed E-state index contributed by atoms with van der Waals surface area (Å²) in [6.45, 7) is 5.31. The van der Waals surface area contributed by atoms with Gasteiger partial charge in [-0.2, -0.15) is 0 Å². The van der Waals surface area contributed by atoms with Gasteiger partial charge >= 0.3 is 0 Å². The summed E-state index contributed by atoms with van der Waals surface area (Å²) in [6.07, 6.45) is 2.65. The van der Waals surface area contributed by atoms with Gasteiger partial charge in [-0.15, -0.1) is 0 Å². The fourth-order valence-electron chi connectivity index (χ4n) is 2.73. The molecule has 0 saturated carbocycles. The molecule has 0 aromatic heterocycles. The Morgan fingerprint density at radius 3 is 2.56 bits per heavy atom. The molecule has 2 unspecified atom stereocenters. The van der Waals surface area contributed by atoms with Crippen LogP contribution in [0.2, 0.25) is 0 Å². The van der Waals surface area contributed by atoms with Crippen molar-refractivity contribution in [3.8, 4) is 0 Å². The topological polar surface area (TPSA) is 52.6 Å². The zero-order chi connectivity index (χ0) is 11.5. The van der Waals surface area contributed by atoms with Gasteiger partial charge in [0.2, 0.25) is 5.91 Å². The first kappa shape index (κ1) is 11.9. The third-order valence-corrected chi connectivity index (χ3v) is 3.94. The lowest BCUT2D eigenvalue weighted by atomic mass is 9.91. The van der Waals surface area contributed by atoms with Gasteiger partial charge in [0.1, 0.15) is 0 Å². The van der Waals surface area contributed by atoms with Gasteiger partial charge < -0.3 is 15.3 Å². The predicted octanol–water partition coefficient (Wildman–Crippen LogP) is 0.215. The van der Waals surface area contributed by atoms with Crippen molar-refractivity contribution >= 4 is 5.91 Å². The lowest BCUT2D eigenvalue weighted by molar-refractivity contribution is -0.136. The first-order chi connectivity index (χ1) is 7.68. The van der Waals surface area contributed by atoms with Crippen LogP contribution in [0.5, 0.6) is 0 Å². The molecule has 4 heteroatoms. The first-order valence-corrected chi connectivity index (χ1v) is 6.36. The molecule has 16 heavy (non-hydrogen) atoms. The molecule has 2 atom stereocenters. The van der Waals surface area contributed by atoms with Crippen molar-refractivity contribution in [1.82, 2.24) is 10.2 Å². The molecule has 1 amide bonds.